The number of carboxylic acid groups (broad SMARTS) is 1. The van der Waals surface area contributed by atoms with Gasteiger partial charge >= 0.3 is 29.9 Å². The largest absolute Gasteiger partial charge is 0.481 e. The van der Waals surface area contributed by atoms with Gasteiger partial charge in [-0.1, -0.05) is 63.7 Å². The molecule has 14 heteroatoms. The number of unbranched alkanes of at least 4 members (excludes halogenated alkanes) is 5. The fourth-order valence-electron chi connectivity index (χ4n) is 9.29. The van der Waals surface area contributed by atoms with Gasteiger partial charge < -0.3 is 15.3 Å². The number of rotatable bonds is 15. The minimum atomic E-state index is -7.00. The Morgan fingerprint density at radius 3 is 2.16 bits per heavy atom. The number of ketones is 1. The second kappa shape index (κ2) is 14.5. The lowest BCUT2D eigenvalue weighted by atomic mass is 9.48. The number of aliphatic hydroxyl groups excluding tert-OH is 2. The molecule has 3 fully saturated rings. The van der Waals surface area contributed by atoms with E-state index in [1.54, 1.807) is 0 Å². The number of alkyl halides is 9. The second-order valence-corrected chi connectivity index (χ2v) is 15.1. The van der Waals surface area contributed by atoms with E-state index in [9.17, 15) is 64.4 Å². The number of aliphatic carboxylic acids is 1. The van der Waals surface area contributed by atoms with Crippen LogP contribution in [0.4, 0.5) is 39.5 Å². The normalized spacial score (nSPS) is 33.1. The molecule has 3 saturated carbocycles. The van der Waals surface area contributed by atoms with Crippen molar-refractivity contribution in [3.63, 3.8) is 0 Å². The molecule has 0 spiro atoms. The monoisotopic (exact) mass is 718 g/mol. The third-order valence-corrected chi connectivity index (χ3v) is 12.2. The highest BCUT2D eigenvalue weighted by molar-refractivity contribution is 5.99. The first kappa shape index (κ1) is 39.7. The molecule has 0 aliphatic heterocycles. The van der Waals surface area contributed by atoms with Crippen molar-refractivity contribution in [1.82, 2.24) is 0 Å². The van der Waals surface area contributed by atoms with Gasteiger partial charge in [-0.05, 0) is 79.6 Å². The highest BCUT2D eigenvalue weighted by Crippen LogP contribution is 2.64. The number of carbonyl (C=O) groups is 2. The van der Waals surface area contributed by atoms with E-state index < -0.39 is 60.9 Å². The van der Waals surface area contributed by atoms with Crippen molar-refractivity contribution < 1.29 is 64.4 Å². The Hall–Kier alpha value is -2.09. The van der Waals surface area contributed by atoms with E-state index in [1.165, 1.54) is 5.57 Å². The molecule has 0 heterocycles. The second-order valence-electron chi connectivity index (χ2n) is 15.1. The molecule has 0 aromatic carbocycles. The van der Waals surface area contributed by atoms with E-state index in [-0.39, 0.29) is 53.6 Å². The number of carbonyl (C=O) groups excluding carboxylic acids is 1. The minimum absolute atomic E-state index is 0.0707. The molecule has 0 saturated heterocycles. The summed E-state index contributed by atoms with van der Waals surface area (Å²) >= 11 is 0. The van der Waals surface area contributed by atoms with E-state index in [0.717, 1.165) is 32.1 Å². The van der Waals surface area contributed by atoms with Crippen LogP contribution in [0.5, 0.6) is 0 Å². The number of fused-ring (bicyclic) bond motifs is 5. The lowest BCUT2D eigenvalue weighted by Crippen LogP contribution is -2.60. The summed E-state index contributed by atoms with van der Waals surface area (Å²) in [7, 11) is 0. The van der Waals surface area contributed by atoms with Gasteiger partial charge in [0.1, 0.15) is 0 Å². The van der Waals surface area contributed by atoms with Gasteiger partial charge in [0.2, 0.25) is 0 Å². The lowest BCUT2D eigenvalue weighted by Gasteiger charge is -2.57. The van der Waals surface area contributed by atoms with Crippen LogP contribution in [-0.4, -0.2) is 63.2 Å². The van der Waals surface area contributed by atoms with Crippen molar-refractivity contribution in [3.8, 4) is 0 Å². The zero-order chi connectivity index (χ0) is 36.7. The average molecular weight is 719 g/mol. The van der Waals surface area contributed by atoms with E-state index in [1.807, 2.05) is 0 Å². The van der Waals surface area contributed by atoms with Gasteiger partial charge in [0.15, 0.2) is 5.78 Å². The molecule has 0 radical (unpaired) electrons. The molecular formula is C35H47F9O5. The SMILES string of the molecule is C=C1C(=O)CC2C3C(CC[C@]12C)C1=CCC(O)CC1[C@@H](O)C3CCCCCCCCC(CCC(F)(F)C(F)(F)C(F)(F)C(F)(F)F)C(=O)O. The fourth-order valence-corrected chi connectivity index (χ4v) is 9.29. The topological polar surface area (TPSA) is 94.8 Å². The van der Waals surface area contributed by atoms with Crippen LogP contribution in [0.2, 0.25) is 0 Å². The number of Topliss-reactive ketones (excluding diaryl/α,β-unsaturated/α-hetero) is 1. The summed E-state index contributed by atoms with van der Waals surface area (Å²) in [6.45, 7) is 6.23. The summed E-state index contributed by atoms with van der Waals surface area (Å²) in [5.41, 5.74) is 1.57. The third-order valence-electron chi connectivity index (χ3n) is 12.2. The maximum absolute atomic E-state index is 13.9. The number of carboxylic acids is 1. The Morgan fingerprint density at radius 2 is 1.55 bits per heavy atom. The van der Waals surface area contributed by atoms with E-state index in [2.05, 4.69) is 19.6 Å². The van der Waals surface area contributed by atoms with Gasteiger partial charge in [0.25, 0.3) is 0 Å². The molecule has 3 N–H and O–H groups in total. The predicted molar refractivity (Wildman–Crippen MR) is 161 cm³/mol. The van der Waals surface area contributed by atoms with Gasteiger partial charge in [-0.25, -0.2) is 0 Å². The number of hydrogen-bond donors (Lipinski definition) is 3. The van der Waals surface area contributed by atoms with Crippen LogP contribution in [0, 0.1) is 40.9 Å². The van der Waals surface area contributed by atoms with Crippen molar-refractivity contribution in [2.45, 2.75) is 139 Å². The Labute approximate surface area is 280 Å². The van der Waals surface area contributed by atoms with Gasteiger partial charge in [0.05, 0.1) is 18.1 Å². The maximum Gasteiger partial charge on any atom is 0.460 e. The molecule has 0 amide bonds. The summed E-state index contributed by atoms with van der Waals surface area (Å²) in [6, 6.07) is 0. The molecule has 0 bridgehead atoms. The van der Waals surface area contributed by atoms with E-state index >= 15 is 0 Å². The molecule has 4 rings (SSSR count). The average Bonchev–Trinajstić information content (AvgIpc) is 3.24. The molecule has 4 aliphatic rings. The van der Waals surface area contributed by atoms with Crippen molar-refractivity contribution in [2.24, 2.45) is 40.9 Å². The van der Waals surface area contributed by atoms with Gasteiger partial charge in [-0.15, -0.1) is 0 Å². The standard InChI is InChI=1S/C35H47F9O5/c1-19-27(46)18-26-28-23(14-15-31(19,26)2)22-12-11-21(45)17-25(22)29(47)24(28)10-8-6-4-3-5-7-9-20(30(48)49)13-16-32(36,37)33(38,39)34(40,41)35(42,43)44/h12,20-21,23-26,28-29,45,47H,1,3-11,13-18H2,2H3,(H,48,49)/t20?,21?,23?,24?,25?,26?,28?,29-,31+/m0/s1. The Bertz CT molecular complexity index is 1260. The number of hydrogen-bond acceptors (Lipinski definition) is 4. The number of allylic oxidation sites excluding steroid dienone is 1. The fraction of sp³-hybridized carbons (Fsp3) is 0.829. The summed E-state index contributed by atoms with van der Waals surface area (Å²) in [4.78, 5) is 24.3. The molecule has 49 heavy (non-hydrogen) atoms. The quantitative estimate of drug-likeness (QED) is 0.0681. The van der Waals surface area contributed by atoms with Crippen LogP contribution in [0.15, 0.2) is 23.8 Å². The van der Waals surface area contributed by atoms with E-state index in [4.69, 9.17) is 0 Å². The molecule has 9 atom stereocenters. The number of halogens is 9. The zero-order valence-electron chi connectivity index (χ0n) is 27.6. The predicted octanol–water partition coefficient (Wildman–Crippen LogP) is 8.92. The molecule has 7 unspecified atom stereocenters. The molecule has 280 valence electrons. The highest BCUT2D eigenvalue weighted by atomic mass is 19.4. The first-order valence-corrected chi connectivity index (χ1v) is 17.3. The van der Waals surface area contributed by atoms with Gasteiger partial charge in [0, 0.05) is 18.8 Å². The third kappa shape index (κ3) is 7.46. The molecule has 0 aromatic rings. The summed E-state index contributed by atoms with van der Waals surface area (Å²) < 4.78 is 118. The summed E-state index contributed by atoms with van der Waals surface area (Å²) in [6.07, 6.45) is -2.17. The van der Waals surface area contributed by atoms with Gasteiger partial charge in [-0.3, -0.25) is 9.59 Å². The molecule has 5 nitrogen and oxygen atoms in total. The highest BCUT2D eigenvalue weighted by Gasteiger charge is 2.81. The summed E-state index contributed by atoms with van der Waals surface area (Å²) in [5, 5.41) is 31.4. The first-order chi connectivity index (χ1) is 22.6. The van der Waals surface area contributed by atoms with Crippen molar-refractivity contribution in [3.05, 3.63) is 23.8 Å². The minimum Gasteiger partial charge on any atom is -0.481 e. The van der Waals surface area contributed by atoms with Crippen LogP contribution >= 0.6 is 0 Å². The zero-order valence-corrected chi connectivity index (χ0v) is 27.6. The van der Waals surface area contributed by atoms with Crippen LogP contribution in [-0.2, 0) is 9.59 Å². The Balaban J connectivity index is 1.26. The summed E-state index contributed by atoms with van der Waals surface area (Å²) in [5.74, 6) is -22.5. The molecule has 0 aromatic heterocycles. The van der Waals surface area contributed by atoms with Crippen molar-refractivity contribution >= 4 is 11.8 Å². The Kier molecular flexibility index (Phi) is 11.7. The first-order valence-electron chi connectivity index (χ1n) is 17.3. The van der Waals surface area contributed by atoms with E-state index in [0.29, 0.717) is 44.1 Å². The van der Waals surface area contributed by atoms with Crippen molar-refractivity contribution in [1.29, 1.82) is 0 Å². The van der Waals surface area contributed by atoms with Crippen LogP contribution in [0.25, 0.3) is 0 Å². The van der Waals surface area contributed by atoms with Crippen LogP contribution in [0.3, 0.4) is 0 Å². The smallest absolute Gasteiger partial charge is 0.460 e. The Morgan fingerprint density at radius 1 is 0.939 bits per heavy atom. The van der Waals surface area contributed by atoms with Gasteiger partial charge in [-0.2, -0.15) is 39.5 Å². The molecule has 4 aliphatic carbocycles. The van der Waals surface area contributed by atoms with Crippen molar-refractivity contribution in [2.75, 3.05) is 0 Å². The van der Waals surface area contributed by atoms with Crippen LogP contribution in [0.1, 0.15) is 103 Å². The molecular weight excluding hydrogens is 671 g/mol. The number of aliphatic hydroxyl groups is 2. The van der Waals surface area contributed by atoms with Crippen LogP contribution < -0.4 is 0 Å². The lowest BCUT2D eigenvalue weighted by molar-refractivity contribution is -0.396. The maximum atomic E-state index is 13.9.